The Balaban J connectivity index is 1.64. The minimum atomic E-state index is -0.299. The first-order chi connectivity index (χ1) is 12.1. The molecule has 1 atom stereocenters. The first-order valence-corrected chi connectivity index (χ1v) is 9.07. The summed E-state index contributed by atoms with van der Waals surface area (Å²) in [5, 5.41) is 0. The van der Waals surface area contributed by atoms with Crippen molar-refractivity contribution in [1.82, 2.24) is 19.2 Å². The predicted molar refractivity (Wildman–Crippen MR) is 96.2 cm³/mol. The quantitative estimate of drug-likeness (QED) is 0.808. The molecule has 2 aromatic heterocycles. The molecule has 0 aliphatic carbocycles. The number of aromatic nitrogens is 2. The van der Waals surface area contributed by atoms with Crippen LogP contribution >= 0.6 is 0 Å². The fourth-order valence-electron chi connectivity index (χ4n) is 3.37. The summed E-state index contributed by atoms with van der Waals surface area (Å²) in [4.78, 5) is 33.3. The van der Waals surface area contributed by atoms with Gasteiger partial charge in [0.15, 0.2) is 0 Å². The Morgan fingerprint density at radius 2 is 2.16 bits per heavy atom. The van der Waals surface area contributed by atoms with Crippen molar-refractivity contribution in [3.63, 3.8) is 0 Å². The number of rotatable bonds is 6. The zero-order valence-corrected chi connectivity index (χ0v) is 15.0. The second-order valence-electron chi connectivity index (χ2n) is 6.70. The number of unbranched alkanes of at least 4 members (excludes halogenated alkanes) is 1. The Hall–Kier alpha value is -2.37. The molecule has 0 aromatic carbocycles. The summed E-state index contributed by atoms with van der Waals surface area (Å²) in [6.45, 7) is 3.34. The highest BCUT2D eigenvalue weighted by Crippen LogP contribution is 2.18. The number of fused-ring (bicyclic) bond motifs is 1. The first-order valence-electron chi connectivity index (χ1n) is 9.07. The van der Waals surface area contributed by atoms with Gasteiger partial charge in [-0.1, -0.05) is 25.8 Å². The summed E-state index contributed by atoms with van der Waals surface area (Å²) in [6.07, 6.45) is 7.64. The molecule has 0 unspecified atom stereocenters. The van der Waals surface area contributed by atoms with Crippen LogP contribution in [0.4, 0.5) is 0 Å². The van der Waals surface area contributed by atoms with E-state index < -0.39 is 0 Å². The Labute approximate surface area is 148 Å². The van der Waals surface area contributed by atoms with Crippen molar-refractivity contribution in [3.05, 3.63) is 36.3 Å². The van der Waals surface area contributed by atoms with Crippen molar-refractivity contribution in [2.75, 3.05) is 20.1 Å². The molecule has 0 radical (unpaired) electrons. The number of likely N-dealkylation sites (N-methyl/N-ethyl adjacent to an activating group) is 1. The lowest BCUT2D eigenvalue weighted by atomic mass is 10.0. The van der Waals surface area contributed by atoms with Gasteiger partial charge < -0.3 is 14.2 Å². The average Bonchev–Trinajstić information content (AvgIpc) is 3.04. The summed E-state index contributed by atoms with van der Waals surface area (Å²) < 4.78 is 1.96. The average molecular weight is 342 g/mol. The third kappa shape index (κ3) is 3.83. The predicted octanol–water partition coefficient (Wildman–Crippen LogP) is 2.13. The number of pyridine rings is 1. The van der Waals surface area contributed by atoms with Gasteiger partial charge in [-0.05, 0) is 25.0 Å². The van der Waals surface area contributed by atoms with Crippen LogP contribution in [0.5, 0.6) is 0 Å². The van der Waals surface area contributed by atoms with E-state index in [1.54, 1.807) is 9.80 Å². The number of piperazine rings is 1. The van der Waals surface area contributed by atoms with Crippen molar-refractivity contribution in [1.29, 1.82) is 0 Å². The first kappa shape index (κ1) is 17.5. The van der Waals surface area contributed by atoms with Gasteiger partial charge in [0.1, 0.15) is 11.7 Å². The molecule has 6 nitrogen and oxygen atoms in total. The molecule has 2 amide bonds. The van der Waals surface area contributed by atoms with E-state index in [0.29, 0.717) is 25.9 Å². The second kappa shape index (κ2) is 7.68. The SMILES string of the molecule is CCCC[C@H]1C(=O)N(C)CCN1C(=O)CCc1cn2ccccc2n1. The van der Waals surface area contributed by atoms with Crippen molar-refractivity contribution >= 4 is 17.5 Å². The molecular weight excluding hydrogens is 316 g/mol. The standard InChI is InChI=1S/C19H26N4O2/c1-3-4-7-16-19(25)21(2)12-13-23(16)18(24)10-9-15-14-22-11-6-5-8-17(22)20-15/h5-6,8,11,14,16H,3-4,7,9-10,12-13H2,1-2H3/t16-/m0/s1. The molecule has 0 bridgehead atoms. The van der Waals surface area contributed by atoms with Gasteiger partial charge in [0.25, 0.3) is 0 Å². The third-order valence-corrected chi connectivity index (χ3v) is 4.87. The highest BCUT2D eigenvalue weighted by atomic mass is 16.2. The van der Waals surface area contributed by atoms with Crippen LogP contribution in [0.25, 0.3) is 5.65 Å². The third-order valence-electron chi connectivity index (χ3n) is 4.87. The molecule has 0 N–H and O–H groups in total. The molecule has 1 fully saturated rings. The number of aryl methyl sites for hydroxylation is 1. The van der Waals surface area contributed by atoms with Gasteiger partial charge in [0.2, 0.25) is 11.8 Å². The van der Waals surface area contributed by atoms with Crippen LogP contribution in [0.15, 0.2) is 30.6 Å². The molecule has 0 spiro atoms. The van der Waals surface area contributed by atoms with Gasteiger partial charge in [0.05, 0.1) is 5.69 Å². The Morgan fingerprint density at radius 3 is 2.92 bits per heavy atom. The largest absolute Gasteiger partial charge is 0.342 e. The van der Waals surface area contributed by atoms with Gasteiger partial charge in [-0.3, -0.25) is 9.59 Å². The van der Waals surface area contributed by atoms with E-state index in [1.807, 2.05) is 42.0 Å². The normalized spacial score (nSPS) is 18.2. The van der Waals surface area contributed by atoms with E-state index in [9.17, 15) is 9.59 Å². The van der Waals surface area contributed by atoms with Gasteiger partial charge in [-0.15, -0.1) is 0 Å². The smallest absolute Gasteiger partial charge is 0.245 e. The molecule has 3 heterocycles. The molecule has 134 valence electrons. The van der Waals surface area contributed by atoms with Crippen LogP contribution in [0, 0.1) is 0 Å². The molecule has 3 rings (SSSR count). The van der Waals surface area contributed by atoms with E-state index in [2.05, 4.69) is 11.9 Å². The summed E-state index contributed by atoms with van der Waals surface area (Å²) in [7, 11) is 1.82. The van der Waals surface area contributed by atoms with Gasteiger partial charge >= 0.3 is 0 Å². The highest BCUT2D eigenvalue weighted by Gasteiger charge is 2.34. The molecule has 1 saturated heterocycles. The van der Waals surface area contributed by atoms with E-state index in [-0.39, 0.29) is 17.9 Å². The summed E-state index contributed by atoms with van der Waals surface area (Å²) >= 11 is 0. The van der Waals surface area contributed by atoms with E-state index in [0.717, 1.165) is 30.6 Å². The molecule has 25 heavy (non-hydrogen) atoms. The number of nitrogens with zero attached hydrogens (tertiary/aromatic N) is 4. The van der Waals surface area contributed by atoms with Crippen LogP contribution in [-0.2, 0) is 16.0 Å². The number of hydrogen-bond acceptors (Lipinski definition) is 3. The monoisotopic (exact) mass is 342 g/mol. The molecule has 6 heteroatoms. The van der Waals surface area contributed by atoms with Crippen LogP contribution in [0.2, 0.25) is 0 Å². The van der Waals surface area contributed by atoms with Crippen molar-refractivity contribution in [2.24, 2.45) is 0 Å². The highest BCUT2D eigenvalue weighted by molar-refractivity contribution is 5.88. The zero-order chi connectivity index (χ0) is 17.8. The number of carbonyl (C=O) groups excluding carboxylic acids is 2. The number of amides is 2. The fraction of sp³-hybridized carbons (Fsp3) is 0.526. The van der Waals surface area contributed by atoms with Crippen molar-refractivity contribution < 1.29 is 9.59 Å². The van der Waals surface area contributed by atoms with Crippen LogP contribution in [0.1, 0.15) is 38.3 Å². The lowest BCUT2D eigenvalue weighted by Gasteiger charge is -2.39. The second-order valence-corrected chi connectivity index (χ2v) is 6.70. The maximum Gasteiger partial charge on any atom is 0.245 e. The molecule has 0 saturated carbocycles. The van der Waals surface area contributed by atoms with Gasteiger partial charge in [0, 0.05) is 39.0 Å². The number of imidazole rings is 1. The summed E-state index contributed by atoms with van der Waals surface area (Å²) in [5.74, 6) is 0.125. The lowest BCUT2D eigenvalue weighted by Crippen LogP contribution is -2.57. The summed E-state index contributed by atoms with van der Waals surface area (Å²) in [5.41, 5.74) is 1.80. The van der Waals surface area contributed by atoms with Gasteiger partial charge in [-0.2, -0.15) is 0 Å². The Morgan fingerprint density at radius 1 is 1.32 bits per heavy atom. The van der Waals surface area contributed by atoms with Crippen LogP contribution in [0.3, 0.4) is 0 Å². The summed E-state index contributed by atoms with van der Waals surface area (Å²) in [6, 6.07) is 5.56. The van der Waals surface area contributed by atoms with Crippen molar-refractivity contribution in [2.45, 2.75) is 45.1 Å². The zero-order valence-electron chi connectivity index (χ0n) is 15.0. The Kier molecular flexibility index (Phi) is 5.36. The minimum absolute atomic E-state index is 0.0552. The van der Waals surface area contributed by atoms with E-state index in [4.69, 9.17) is 0 Å². The molecule has 1 aliphatic rings. The minimum Gasteiger partial charge on any atom is -0.342 e. The van der Waals surface area contributed by atoms with Crippen LogP contribution < -0.4 is 0 Å². The van der Waals surface area contributed by atoms with E-state index in [1.165, 1.54) is 0 Å². The lowest BCUT2D eigenvalue weighted by molar-refractivity contribution is -0.150. The Bertz CT molecular complexity index is 722. The maximum atomic E-state index is 12.7. The fourth-order valence-corrected chi connectivity index (χ4v) is 3.37. The maximum absolute atomic E-state index is 12.7. The topological polar surface area (TPSA) is 57.9 Å². The van der Waals surface area contributed by atoms with E-state index >= 15 is 0 Å². The number of hydrogen-bond donors (Lipinski definition) is 0. The molecule has 1 aliphatic heterocycles. The van der Waals surface area contributed by atoms with Crippen molar-refractivity contribution in [3.8, 4) is 0 Å². The number of carbonyl (C=O) groups is 2. The van der Waals surface area contributed by atoms with Gasteiger partial charge in [-0.25, -0.2) is 4.98 Å². The molecular formula is C19H26N4O2. The van der Waals surface area contributed by atoms with Crippen LogP contribution in [-0.4, -0.2) is 57.2 Å². The molecule has 2 aromatic rings.